The van der Waals surface area contributed by atoms with Gasteiger partial charge in [-0.1, -0.05) is 0 Å². The summed E-state index contributed by atoms with van der Waals surface area (Å²) in [7, 11) is -1.09. The first-order chi connectivity index (χ1) is 7.33. The van der Waals surface area contributed by atoms with E-state index in [1.54, 1.807) is 0 Å². The van der Waals surface area contributed by atoms with Crippen molar-refractivity contribution in [3.05, 3.63) is 29.8 Å². The zero-order valence-electron chi connectivity index (χ0n) is 8.97. The third-order valence-corrected chi connectivity index (χ3v) is 3.28. The van der Waals surface area contributed by atoms with E-state index in [4.69, 9.17) is 5.73 Å². The van der Waals surface area contributed by atoms with Gasteiger partial charge in [-0.2, -0.15) is 12.7 Å². The summed E-state index contributed by atoms with van der Waals surface area (Å²) in [6.45, 7) is 0. The minimum atomic E-state index is -3.75. The predicted octanol–water partition coefficient (Wildman–Crippen LogP) is -0.195. The van der Waals surface area contributed by atoms with Crippen LogP contribution >= 0.6 is 0 Å². The molecule has 0 heterocycles. The number of nitrogens with two attached hydrogens (primary N) is 1. The summed E-state index contributed by atoms with van der Waals surface area (Å²) >= 11 is 0. The highest BCUT2D eigenvalue weighted by atomic mass is 32.2. The van der Waals surface area contributed by atoms with Gasteiger partial charge >= 0.3 is 10.2 Å². The van der Waals surface area contributed by atoms with E-state index in [-0.39, 0.29) is 5.56 Å². The maximum atomic E-state index is 11.5. The maximum Gasteiger partial charge on any atom is 0.303 e. The topological polar surface area (TPSA) is 92.5 Å². The number of carbonyl (C=O) groups excluding carboxylic acids is 1. The zero-order valence-corrected chi connectivity index (χ0v) is 9.78. The number of hydrogen-bond donors (Lipinski definition) is 2. The third kappa shape index (κ3) is 2.94. The molecule has 7 heteroatoms. The average molecular weight is 243 g/mol. The van der Waals surface area contributed by atoms with Crippen molar-refractivity contribution >= 4 is 21.8 Å². The van der Waals surface area contributed by atoms with Gasteiger partial charge in [-0.25, -0.2) is 4.72 Å². The summed E-state index contributed by atoms with van der Waals surface area (Å²) in [5.74, 6) is -0.686. The van der Waals surface area contributed by atoms with Crippen LogP contribution in [0.5, 0.6) is 0 Å². The molecule has 0 aliphatic rings. The zero-order chi connectivity index (χ0) is 12.3. The lowest BCUT2D eigenvalue weighted by Gasteiger charge is -2.12. The summed E-state index contributed by atoms with van der Waals surface area (Å²) in [5.41, 5.74) is 6.19. The molecule has 3 N–H and O–H groups in total. The Kier molecular flexibility index (Phi) is 3.51. The number of rotatable bonds is 3. The Morgan fingerprint density at radius 2 is 1.75 bits per heavy atom. The molecule has 0 atom stereocenters. The van der Waals surface area contributed by atoms with Crippen molar-refractivity contribution in [3.8, 4) is 0 Å². The predicted molar refractivity (Wildman–Crippen MR) is 60.9 cm³/mol. The van der Waals surface area contributed by atoms with E-state index in [1.807, 2.05) is 4.72 Å². The lowest BCUT2D eigenvalue weighted by atomic mass is 10.2. The second kappa shape index (κ2) is 4.50. The van der Waals surface area contributed by atoms with Gasteiger partial charge in [0.1, 0.15) is 0 Å². The lowest BCUT2D eigenvalue weighted by Crippen LogP contribution is -2.39. The molecule has 0 saturated carbocycles. The number of benzene rings is 1. The molecule has 0 bridgehead atoms. The van der Waals surface area contributed by atoms with Gasteiger partial charge in [-0.15, -0.1) is 0 Å². The highest BCUT2D eigenvalue weighted by molar-refractivity contribution is 7.87. The van der Waals surface area contributed by atoms with E-state index in [0.29, 0.717) is 5.69 Å². The van der Waals surface area contributed by atoms with Gasteiger partial charge < -0.3 is 5.73 Å². The fourth-order valence-electron chi connectivity index (χ4n) is 0.902. The van der Waals surface area contributed by atoms with Gasteiger partial charge in [0.25, 0.3) is 5.91 Å². The molecule has 1 rings (SSSR count). The van der Waals surface area contributed by atoms with Crippen LogP contribution in [0.2, 0.25) is 0 Å². The van der Waals surface area contributed by atoms with Gasteiger partial charge in [0, 0.05) is 25.3 Å². The Bertz CT molecular complexity index is 479. The summed E-state index contributed by atoms with van der Waals surface area (Å²) in [6.07, 6.45) is 0. The van der Waals surface area contributed by atoms with Crippen LogP contribution in [0, 0.1) is 0 Å². The molecule has 1 aromatic rings. The van der Waals surface area contributed by atoms with Gasteiger partial charge in [0.05, 0.1) is 0 Å². The smallest absolute Gasteiger partial charge is 0.303 e. The number of anilines is 1. The second-order valence-electron chi connectivity index (χ2n) is 3.34. The first-order valence-electron chi connectivity index (χ1n) is 4.43. The van der Waals surface area contributed by atoms with Crippen LogP contribution < -0.4 is 10.5 Å². The fraction of sp³-hybridized carbons (Fsp3) is 0.222. The number of hydrogen-bond acceptors (Lipinski definition) is 4. The molecule has 0 aliphatic carbocycles. The Labute approximate surface area is 94.2 Å². The van der Waals surface area contributed by atoms with Gasteiger partial charge in [-0.05, 0) is 24.3 Å². The molecule has 1 aromatic carbocycles. The van der Waals surface area contributed by atoms with Gasteiger partial charge in [0.2, 0.25) is 0 Å². The number of nitrogen functional groups attached to an aromatic ring is 1. The minimum Gasteiger partial charge on any atom is -0.399 e. The van der Waals surface area contributed by atoms with Crippen molar-refractivity contribution in [2.45, 2.75) is 0 Å². The Balaban J connectivity index is 2.85. The van der Waals surface area contributed by atoms with Gasteiger partial charge in [-0.3, -0.25) is 4.79 Å². The second-order valence-corrected chi connectivity index (χ2v) is 5.23. The standard InChI is InChI=1S/C9H13N3O3S/c1-12(2)16(14,15)11-9(13)7-3-5-8(10)6-4-7/h3-6H,10H2,1-2H3,(H,11,13). The molecule has 0 aromatic heterocycles. The number of amides is 1. The molecule has 88 valence electrons. The molecule has 0 saturated heterocycles. The molecular weight excluding hydrogens is 230 g/mol. The molecule has 0 spiro atoms. The molecule has 0 unspecified atom stereocenters. The third-order valence-electron chi connectivity index (χ3n) is 1.88. The van der Waals surface area contributed by atoms with Crippen molar-refractivity contribution in [2.75, 3.05) is 19.8 Å². The molecule has 1 amide bonds. The summed E-state index contributed by atoms with van der Waals surface area (Å²) < 4.78 is 25.5. The molecule has 0 aliphatic heterocycles. The summed E-state index contributed by atoms with van der Waals surface area (Å²) in [4.78, 5) is 11.5. The Morgan fingerprint density at radius 3 is 2.19 bits per heavy atom. The van der Waals surface area contributed by atoms with Crippen LogP contribution in [-0.4, -0.2) is 32.7 Å². The van der Waals surface area contributed by atoms with E-state index >= 15 is 0 Å². The van der Waals surface area contributed by atoms with Crippen molar-refractivity contribution in [3.63, 3.8) is 0 Å². The lowest BCUT2D eigenvalue weighted by molar-refractivity contribution is 0.0979. The number of nitrogens with one attached hydrogen (secondary N) is 1. The minimum absolute atomic E-state index is 0.236. The molecule has 0 radical (unpaired) electrons. The monoisotopic (exact) mass is 243 g/mol. The average Bonchev–Trinajstić information content (AvgIpc) is 2.17. The Morgan fingerprint density at radius 1 is 1.25 bits per heavy atom. The summed E-state index contributed by atoms with van der Waals surface area (Å²) in [5, 5.41) is 0. The van der Waals surface area contributed by atoms with Crippen LogP contribution in [0.1, 0.15) is 10.4 Å². The first kappa shape index (κ1) is 12.5. The first-order valence-corrected chi connectivity index (χ1v) is 5.87. The van der Waals surface area contributed by atoms with E-state index in [2.05, 4.69) is 0 Å². The van der Waals surface area contributed by atoms with E-state index in [9.17, 15) is 13.2 Å². The van der Waals surface area contributed by atoms with E-state index in [0.717, 1.165) is 4.31 Å². The number of carbonyl (C=O) groups is 1. The number of nitrogens with zero attached hydrogens (tertiary/aromatic N) is 1. The normalized spacial score (nSPS) is 11.4. The molecule has 16 heavy (non-hydrogen) atoms. The highest BCUT2D eigenvalue weighted by Gasteiger charge is 2.17. The van der Waals surface area contributed by atoms with E-state index < -0.39 is 16.1 Å². The quantitative estimate of drug-likeness (QED) is 0.719. The van der Waals surface area contributed by atoms with E-state index in [1.165, 1.54) is 38.4 Å². The van der Waals surface area contributed by atoms with Crippen molar-refractivity contribution in [2.24, 2.45) is 0 Å². The molecule has 0 fully saturated rings. The Hall–Kier alpha value is -1.60. The van der Waals surface area contributed by atoms with Gasteiger partial charge in [0.15, 0.2) is 0 Å². The molecular formula is C9H13N3O3S. The van der Waals surface area contributed by atoms with Crippen LogP contribution in [0.25, 0.3) is 0 Å². The van der Waals surface area contributed by atoms with Crippen LogP contribution in [0.15, 0.2) is 24.3 Å². The molecule has 6 nitrogen and oxygen atoms in total. The SMILES string of the molecule is CN(C)S(=O)(=O)NC(=O)c1ccc(N)cc1. The van der Waals surface area contributed by atoms with Crippen LogP contribution in [-0.2, 0) is 10.2 Å². The van der Waals surface area contributed by atoms with Crippen molar-refractivity contribution < 1.29 is 13.2 Å². The van der Waals surface area contributed by atoms with Crippen molar-refractivity contribution in [1.29, 1.82) is 0 Å². The van der Waals surface area contributed by atoms with Crippen LogP contribution in [0.3, 0.4) is 0 Å². The summed E-state index contributed by atoms with van der Waals surface area (Å²) in [6, 6.07) is 5.96. The highest BCUT2D eigenvalue weighted by Crippen LogP contribution is 2.05. The largest absolute Gasteiger partial charge is 0.399 e. The maximum absolute atomic E-state index is 11.5. The van der Waals surface area contributed by atoms with Crippen molar-refractivity contribution in [1.82, 2.24) is 9.03 Å². The fourth-order valence-corrected chi connectivity index (χ4v) is 1.44. The van der Waals surface area contributed by atoms with Crippen LogP contribution in [0.4, 0.5) is 5.69 Å².